The minimum absolute atomic E-state index is 0.0439. The van der Waals surface area contributed by atoms with E-state index in [4.69, 9.17) is 4.74 Å². The molecule has 0 fully saturated rings. The lowest BCUT2D eigenvalue weighted by Crippen LogP contribution is -2.30. The molecule has 0 aliphatic carbocycles. The van der Waals surface area contributed by atoms with Gasteiger partial charge >= 0.3 is 0 Å². The van der Waals surface area contributed by atoms with E-state index in [0.29, 0.717) is 23.5 Å². The molecule has 0 saturated heterocycles. The fourth-order valence-electron chi connectivity index (χ4n) is 3.06. The molecular formula is C21H23FO4S3. The number of hydrogen-bond acceptors (Lipinski definition) is 7. The minimum Gasteiger partial charge on any atom is -0.479 e. The van der Waals surface area contributed by atoms with Gasteiger partial charge < -0.3 is 14.9 Å². The molecule has 8 heteroatoms. The molecule has 4 atom stereocenters. The molecule has 2 unspecified atom stereocenters. The van der Waals surface area contributed by atoms with Gasteiger partial charge in [0.15, 0.2) is 5.60 Å². The molecule has 1 aliphatic rings. The van der Waals surface area contributed by atoms with Gasteiger partial charge in [0.05, 0.1) is 12.2 Å². The quantitative estimate of drug-likeness (QED) is 0.498. The number of carbonyl (C=O) groups excluding carboxylic acids is 1. The summed E-state index contributed by atoms with van der Waals surface area (Å²) in [5.41, 5.74) is 0.497. The maximum Gasteiger partial charge on any atom is 0.206 e. The second-order valence-electron chi connectivity index (χ2n) is 7.02. The van der Waals surface area contributed by atoms with Crippen molar-refractivity contribution in [2.24, 2.45) is 0 Å². The predicted molar refractivity (Wildman–Crippen MR) is 118 cm³/mol. The van der Waals surface area contributed by atoms with Crippen molar-refractivity contribution in [2.75, 3.05) is 11.5 Å². The van der Waals surface area contributed by atoms with Gasteiger partial charge in [-0.15, -0.1) is 0 Å². The Balaban J connectivity index is 1.72. The van der Waals surface area contributed by atoms with Gasteiger partial charge in [0, 0.05) is 34.8 Å². The zero-order valence-corrected chi connectivity index (χ0v) is 18.4. The Bertz CT molecular complexity index is 853. The van der Waals surface area contributed by atoms with Gasteiger partial charge in [0.25, 0.3) is 0 Å². The molecule has 2 N–H and O–H groups in total. The molecule has 2 aromatic rings. The molecular weight excluding hydrogens is 431 g/mol. The number of ketones is 1. The molecule has 0 spiro atoms. The molecule has 3 rings (SSSR count). The topological polar surface area (TPSA) is 66.8 Å². The molecule has 0 radical (unpaired) electrons. The van der Waals surface area contributed by atoms with Gasteiger partial charge in [-0.1, -0.05) is 12.1 Å². The number of hydrogen-bond donors (Lipinski definition) is 3. The van der Waals surface area contributed by atoms with Crippen molar-refractivity contribution in [3.05, 3.63) is 69.9 Å². The summed E-state index contributed by atoms with van der Waals surface area (Å²) in [7, 11) is 0. The number of allylic oxidation sites excluding steroid dienone is 1. The molecule has 1 aliphatic heterocycles. The SMILES string of the molecule is CC1(c2ccc(F)cc2)OC(CC(SC[C@H](O)[C@@H](O)CS)c2ccsc2)=CC1=O. The Morgan fingerprint density at radius 2 is 1.97 bits per heavy atom. The number of rotatable bonds is 9. The average molecular weight is 455 g/mol. The van der Waals surface area contributed by atoms with Crippen molar-refractivity contribution in [2.45, 2.75) is 36.4 Å². The van der Waals surface area contributed by atoms with Crippen LogP contribution in [0, 0.1) is 5.82 Å². The number of benzene rings is 1. The van der Waals surface area contributed by atoms with E-state index in [9.17, 15) is 19.4 Å². The van der Waals surface area contributed by atoms with Crippen LogP contribution in [0.1, 0.15) is 29.7 Å². The number of aliphatic hydroxyl groups is 2. The van der Waals surface area contributed by atoms with Gasteiger partial charge in [-0.05, 0) is 41.4 Å². The largest absolute Gasteiger partial charge is 0.479 e. The third-order valence-corrected chi connectivity index (χ3v) is 7.34. The summed E-state index contributed by atoms with van der Waals surface area (Å²) in [5.74, 6) is 0.517. The highest BCUT2D eigenvalue weighted by atomic mass is 32.2. The molecule has 0 saturated carbocycles. The molecule has 4 nitrogen and oxygen atoms in total. The average Bonchev–Trinajstić information content (AvgIpc) is 3.33. The summed E-state index contributed by atoms with van der Waals surface area (Å²) in [6.07, 6.45) is 0.193. The van der Waals surface area contributed by atoms with Crippen molar-refractivity contribution < 1.29 is 24.1 Å². The summed E-state index contributed by atoms with van der Waals surface area (Å²) < 4.78 is 19.3. The molecule has 1 aromatic carbocycles. The highest BCUT2D eigenvalue weighted by Crippen LogP contribution is 2.42. The lowest BCUT2D eigenvalue weighted by atomic mass is 9.92. The standard InChI is InChI=1S/C21H23FO4S3/c1-21(14-2-4-15(22)5-3-14)20(25)9-16(26-21)8-19(13-6-7-28-11-13)29-12-18(24)17(23)10-27/h2-7,9,11,17-19,23-24,27H,8,10,12H2,1H3/t17-,18-,19?,21?/m0/s1. The first-order valence-electron chi connectivity index (χ1n) is 9.14. The van der Waals surface area contributed by atoms with Crippen molar-refractivity contribution in [1.29, 1.82) is 0 Å². The minimum atomic E-state index is -1.17. The number of thiol groups is 1. The first kappa shape index (κ1) is 22.4. The maximum absolute atomic E-state index is 13.3. The van der Waals surface area contributed by atoms with Gasteiger partial charge in [0.2, 0.25) is 5.78 Å². The zero-order chi connectivity index (χ0) is 21.0. The fraction of sp³-hybridized carbons (Fsp3) is 0.381. The van der Waals surface area contributed by atoms with Crippen LogP contribution in [0.2, 0.25) is 0 Å². The lowest BCUT2D eigenvalue weighted by Gasteiger charge is -2.26. The monoisotopic (exact) mass is 454 g/mol. The normalized spacial score (nSPS) is 22.1. The van der Waals surface area contributed by atoms with Crippen LogP contribution in [-0.2, 0) is 15.1 Å². The van der Waals surface area contributed by atoms with Crippen molar-refractivity contribution >= 4 is 41.5 Å². The molecule has 29 heavy (non-hydrogen) atoms. The van der Waals surface area contributed by atoms with Crippen LogP contribution in [0.25, 0.3) is 0 Å². The van der Waals surface area contributed by atoms with Gasteiger partial charge in [-0.2, -0.15) is 35.7 Å². The molecule has 156 valence electrons. The summed E-state index contributed by atoms with van der Waals surface area (Å²) >= 11 is 7.08. The highest BCUT2D eigenvalue weighted by molar-refractivity contribution is 7.99. The van der Waals surface area contributed by atoms with Crippen LogP contribution >= 0.6 is 35.7 Å². The molecule has 0 amide bonds. The third kappa shape index (κ3) is 5.24. The maximum atomic E-state index is 13.3. The van der Waals surface area contributed by atoms with E-state index in [1.165, 1.54) is 30.0 Å². The van der Waals surface area contributed by atoms with Crippen molar-refractivity contribution in [3.8, 4) is 0 Å². The molecule has 1 aromatic heterocycles. The Labute approximate surface area is 183 Å². The first-order valence-corrected chi connectivity index (χ1v) is 11.8. The summed E-state index contributed by atoms with van der Waals surface area (Å²) in [5, 5.41) is 23.8. The molecule has 0 bridgehead atoms. The molecule has 2 heterocycles. The fourth-order valence-corrected chi connectivity index (χ4v) is 5.37. The summed E-state index contributed by atoms with van der Waals surface area (Å²) in [6.45, 7) is 1.69. The Hall–Kier alpha value is -1.32. The van der Waals surface area contributed by atoms with E-state index in [2.05, 4.69) is 12.6 Å². The van der Waals surface area contributed by atoms with Crippen molar-refractivity contribution in [1.82, 2.24) is 0 Å². The van der Waals surface area contributed by atoms with E-state index in [1.54, 1.807) is 30.4 Å². The number of thioether (sulfide) groups is 1. The van der Waals surface area contributed by atoms with Gasteiger partial charge in [-0.25, -0.2) is 4.39 Å². The number of halogens is 1. The lowest BCUT2D eigenvalue weighted by molar-refractivity contribution is -0.129. The van der Waals surface area contributed by atoms with Crippen LogP contribution in [0.5, 0.6) is 0 Å². The summed E-state index contributed by atoms with van der Waals surface area (Å²) in [4.78, 5) is 12.7. The number of ether oxygens (including phenoxy) is 1. The Morgan fingerprint density at radius 1 is 1.24 bits per heavy atom. The van der Waals surface area contributed by atoms with E-state index >= 15 is 0 Å². The Kier molecular flexibility index (Phi) is 7.45. The van der Waals surface area contributed by atoms with E-state index in [1.807, 2.05) is 16.8 Å². The second-order valence-corrected chi connectivity index (χ2v) is 9.40. The smallest absolute Gasteiger partial charge is 0.206 e. The summed E-state index contributed by atoms with van der Waals surface area (Å²) in [6, 6.07) is 7.75. The Morgan fingerprint density at radius 3 is 2.59 bits per heavy atom. The van der Waals surface area contributed by atoms with E-state index in [0.717, 1.165) is 5.56 Å². The number of thiophene rings is 1. The van der Waals surface area contributed by atoms with Crippen LogP contribution in [0.3, 0.4) is 0 Å². The van der Waals surface area contributed by atoms with E-state index in [-0.39, 0.29) is 22.6 Å². The van der Waals surface area contributed by atoms with E-state index < -0.39 is 17.8 Å². The first-order chi connectivity index (χ1) is 13.8. The number of carbonyl (C=O) groups is 1. The highest BCUT2D eigenvalue weighted by Gasteiger charge is 2.42. The van der Waals surface area contributed by atoms with Crippen LogP contribution in [0.4, 0.5) is 4.39 Å². The van der Waals surface area contributed by atoms with Crippen LogP contribution < -0.4 is 0 Å². The van der Waals surface area contributed by atoms with Crippen molar-refractivity contribution in [3.63, 3.8) is 0 Å². The zero-order valence-electron chi connectivity index (χ0n) is 15.8. The van der Waals surface area contributed by atoms with Crippen LogP contribution in [-0.4, -0.2) is 39.7 Å². The predicted octanol–water partition coefficient (Wildman–Crippen LogP) is 4.10. The van der Waals surface area contributed by atoms with Crippen LogP contribution in [0.15, 0.2) is 52.9 Å². The number of aliphatic hydroxyl groups excluding tert-OH is 2. The third-order valence-electron chi connectivity index (χ3n) is 4.89. The van der Waals surface area contributed by atoms with Gasteiger partial charge in [-0.3, -0.25) is 4.79 Å². The van der Waals surface area contributed by atoms with Gasteiger partial charge in [0.1, 0.15) is 11.6 Å². The second kappa shape index (κ2) is 9.66.